The Morgan fingerprint density at radius 3 is 1.71 bits per heavy atom. The lowest BCUT2D eigenvalue weighted by Gasteiger charge is -2.28. The van der Waals surface area contributed by atoms with E-state index in [0.717, 1.165) is 77.6 Å². The van der Waals surface area contributed by atoms with Crippen molar-refractivity contribution in [3.63, 3.8) is 0 Å². The van der Waals surface area contributed by atoms with E-state index in [9.17, 15) is 0 Å². The van der Waals surface area contributed by atoms with Gasteiger partial charge in [0.15, 0.2) is 0 Å². The molecule has 2 heterocycles. The van der Waals surface area contributed by atoms with Crippen LogP contribution < -0.4 is 4.90 Å². The van der Waals surface area contributed by atoms with Crippen LogP contribution in [0.2, 0.25) is 0 Å². The fourth-order valence-corrected chi connectivity index (χ4v) is 8.14. The molecule has 0 unspecified atom stereocenters. The first-order chi connectivity index (χ1) is 27.2. The van der Waals surface area contributed by atoms with Gasteiger partial charge in [0.05, 0.1) is 5.69 Å². The van der Waals surface area contributed by atoms with Gasteiger partial charge < -0.3 is 13.7 Å². The van der Waals surface area contributed by atoms with Crippen LogP contribution in [0.4, 0.5) is 17.1 Å². The van der Waals surface area contributed by atoms with Gasteiger partial charge in [0.2, 0.25) is 0 Å². The van der Waals surface area contributed by atoms with Crippen LogP contribution in [0.25, 0.3) is 88.0 Å². The molecule has 258 valence electrons. The number of furan rings is 2. The maximum atomic E-state index is 6.42. The Balaban J connectivity index is 1.04. The second-order valence-electron chi connectivity index (χ2n) is 14.1. The van der Waals surface area contributed by atoms with E-state index in [4.69, 9.17) is 8.83 Å². The molecule has 0 aliphatic rings. The summed E-state index contributed by atoms with van der Waals surface area (Å²) in [5.41, 5.74) is 13.6. The van der Waals surface area contributed by atoms with Crippen molar-refractivity contribution in [1.82, 2.24) is 0 Å². The van der Waals surface area contributed by atoms with E-state index in [2.05, 4.69) is 181 Å². The van der Waals surface area contributed by atoms with Crippen LogP contribution in [-0.2, 0) is 0 Å². The molecule has 9 aromatic carbocycles. The molecule has 0 saturated carbocycles. The molecule has 0 aliphatic carbocycles. The van der Waals surface area contributed by atoms with Gasteiger partial charge in [-0.2, -0.15) is 0 Å². The third-order valence-corrected chi connectivity index (χ3v) is 10.9. The molecule has 11 rings (SSSR count). The molecule has 0 radical (unpaired) electrons. The first-order valence-corrected chi connectivity index (χ1v) is 18.7. The van der Waals surface area contributed by atoms with E-state index in [1.54, 1.807) is 0 Å². The minimum atomic E-state index is 0.856. The fourth-order valence-electron chi connectivity index (χ4n) is 8.14. The average Bonchev–Trinajstić information content (AvgIpc) is 3.82. The number of nitrogens with zero attached hydrogens (tertiary/aromatic N) is 1. The van der Waals surface area contributed by atoms with Crippen molar-refractivity contribution in [2.45, 2.75) is 0 Å². The number of fused-ring (bicyclic) bond motifs is 7. The molecule has 0 saturated heterocycles. The predicted octanol–water partition coefficient (Wildman–Crippen LogP) is 15.1. The predicted molar refractivity (Wildman–Crippen MR) is 229 cm³/mol. The van der Waals surface area contributed by atoms with Crippen molar-refractivity contribution >= 4 is 71.7 Å². The van der Waals surface area contributed by atoms with E-state index in [-0.39, 0.29) is 0 Å². The van der Waals surface area contributed by atoms with Crippen LogP contribution in [0.3, 0.4) is 0 Å². The summed E-state index contributed by atoms with van der Waals surface area (Å²) in [6, 6.07) is 71.1. The summed E-state index contributed by atoms with van der Waals surface area (Å²) in [6.45, 7) is 0. The third-order valence-electron chi connectivity index (χ3n) is 10.9. The molecule has 3 nitrogen and oxygen atoms in total. The second-order valence-corrected chi connectivity index (χ2v) is 14.1. The Morgan fingerprint density at radius 2 is 0.873 bits per heavy atom. The standard InChI is InChI=1S/C52H33NO2/c1-2-11-36-31-39(21-20-34(36)10-1)38-13-9-12-37(30-38)35-22-25-41(26-23-35)53(42-27-28-46-44-15-4-7-18-49(44)55-52(46)33-42)48-17-6-3-14-43(48)40-24-29-51-47(32-40)45-16-5-8-19-50(45)54-51/h1-33H. The highest BCUT2D eigenvalue weighted by Crippen LogP contribution is 2.44. The van der Waals surface area contributed by atoms with E-state index >= 15 is 0 Å². The Morgan fingerprint density at radius 1 is 0.291 bits per heavy atom. The maximum absolute atomic E-state index is 6.42. The summed E-state index contributed by atoms with van der Waals surface area (Å²) in [4.78, 5) is 2.34. The Kier molecular flexibility index (Phi) is 7.17. The molecule has 2 aromatic heterocycles. The molecule has 3 heteroatoms. The molecule has 0 N–H and O–H groups in total. The van der Waals surface area contributed by atoms with Crippen molar-refractivity contribution in [2.24, 2.45) is 0 Å². The van der Waals surface area contributed by atoms with Gasteiger partial charge in [0.25, 0.3) is 0 Å². The van der Waals surface area contributed by atoms with Crippen LogP contribution in [0.5, 0.6) is 0 Å². The van der Waals surface area contributed by atoms with E-state index in [1.807, 2.05) is 24.3 Å². The number of anilines is 3. The van der Waals surface area contributed by atoms with Gasteiger partial charge in [-0.15, -0.1) is 0 Å². The quantitative estimate of drug-likeness (QED) is 0.173. The molecule has 0 bridgehead atoms. The largest absolute Gasteiger partial charge is 0.456 e. The summed E-state index contributed by atoms with van der Waals surface area (Å²) in [6.07, 6.45) is 0. The second kappa shape index (κ2) is 12.6. The van der Waals surface area contributed by atoms with Gasteiger partial charge >= 0.3 is 0 Å². The van der Waals surface area contributed by atoms with Gasteiger partial charge in [0.1, 0.15) is 22.3 Å². The van der Waals surface area contributed by atoms with Crippen LogP contribution >= 0.6 is 0 Å². The molecule has 0 aliphatic heterocycles. The number of hydrogen-bond donors (Lipinski definition) is 0. The summed E-state index contributed by atoms with van der Waals surface area (Å²) in [5, 5.41) is 6.93. The zero-order valence-corrected chi connectivity index (χ0v) is 29.8. The lowest BCUT2D eigenvalue weighted by atomic mass is 9.97. The van der Waals surface area contributed by atoms with Crippen molar-refractivity contribution in [3.8, 4) is 33.4 Å². The van der Waals surface area contributed by atoms with Crippen LogP contribution in [-0.4, -0.2) is 0 Å². The highest BCUT2D eigenvalue weighted by Gasteiger charge is 2.20. The molecule has 11 aromatic rings. The molecule has 55 heavy (non-hydrogen) atoms. The van der Waals surface area contributed by atoms with E-state index in [0.29, 0.717) is 0 Å². The van der Waals surface area contributed by atoms with Gasteiger partial charge in [-0.25, -0.2) is 0 Å². The Hall–Kier alpha value is -7.36. The lowest BCUT2D eigenvalue weighted by molar-refractivity contribution is 0.668. The molecular weight excluding hydrogens is 671 g/mol. The molecular formula is C52H33NO2. The molecule has 0 spiro atoms. The summed E-state index contributed by atoms with van der Waals surface area (Å²) >= 11 is 0. The van der Waals surface area contributed by atoms with Gasteiger partial charge in [-0.05, 0) is 105 Å². The number of hydrogen-bond acceptors (Lipinski definition) is 3. The topological polar surface area (TPSA) is 29.5 Å². The average molecular weight is 704 g/mol. The summed E-state index contributed by atoms with van der Waals surface area (Å²) in [5.74, 6) is 0. The zero-order valence-electron chi connectivity index (χ0n) is 29.8. The van der Waals surface area contributed by atoms with Gasteiger partial charge in [0, 0.05) is 44.5 Å². The minimum Gasteiger partial charge on any atom is -0.456 e. The van der Waals surface area contributed by atoms with E-state index in [1.165, 1.54) is 27.5 Å². The van der Waals surface area contributed by atoms with Crippen LogP contribution in [0, 0.1) is 0 Å². The SMILES string of the molecule is c1cc(-c2ccc(N(c3ccc4c(c3)oc3ccccc34)c3ccccc3-c3ccc4oc5ccccc5c4c3)cc2)cc(-c2ccc3ccccc3c2)c1. The summed E-state index contributed by atoms with van der Waals surface area (Å²) in [7, 11) is 0. The van der Waals surface area contributed by atoms with Gasteiger partial charge in [-0.1, -0.05) is 127 Å². The lowest BCUT2D eigenvalue weighted by Crippen LogP contribution is -2.11. The van der Waals surface area contributed by atoms with Crippen molar-refractivity contribution < 1.29 is 8.83 Å². The molecule has 0 fully saturated rings. The zero-order chi connectivity index (χ0) is 36.3. The van der Waals surface area contributed by atoms with Crippen LogP contribution in [0.1, 0.15) is 0 Å². The maximum Gasteiger partial charge on any atom is 0.137 e. The smallest absolute Gasteiger partial charge is 0.137 e. The van der Waals surface area contributed by atoms with Crippen LogP contribution in [0.15, 0.2) is 209 Å². The Labute approximate surface area is 317 Å². The molecule has 0 atom stereocenters. The van der Waals surface area contributed by atoms with Crippen molar-refractivity contribution in [3.05, 3.63) is 200 Å². The molecule has 0 amide bonds. The highest BCUT2D eigenvalue weighted by atomic mass is 16.3. The first-order valence-electron chi connectivity index (χ1n) is 18.7. The van der Waals surface area contributed by atoms with Crippen molar-refractivity contribution in [1.29, 1.82) is 0 Å². The van der Waals surface area contributed by atoms with Gasteiger partial charge in [-0.3, -0.25) is 0 Å². The normalized spacial score (nSPS) is 11.6. The number of benzene rings is 9. The monoisotopic (exact) mass is 703 g/mol. The summed E-state index contributed by atoms with van der Waals surface area (Å²) < 4.78 is 12.6. The first kappa shape index (κ1) is 31.2. The number of rotatable bonds is 6. The fraction of sp³-hybridized carbons (Fsp3) is 0. The minimum absolute atomic E-state index is 0.856. The van der Waals surface area contributed by atoms with E-state index < -0.39 is 0 Å². The Bertz CT molecular complexity index is 3220. The van der Waals surface area contributed by atoms with Crippen molar-refractivity contribution in [2.75, 3.05) is 4.90 Å². The number of para-hydroxylation sites is 3. The highest BCUT2D eigenvalue weighted by molar-refractivity contribution is 6.08. The third kappa shape index (κ3) is 5.36.